The Bertz CT molecular complexity index is 1480. The number of benzene rings is 2. The summed E-state index contributed by atoms with van der Waals surface area (Å²) in [7, 11) is 0. The number of hydrogen-bond acceptors (Lipinski definition) is 6. The summed E-state index contributed by atoms with van der Waals surface area (Å²) in [5, 5.41) is 2.36. The Balaban J connectivity index is 1.26. The number of pyridine rings is 1. The van der Waals surface area contributed by atoms with Gasteiger partial charge in [-0.15, -0.1) is 0 Å². The summed E-state index contributed by atoms with van der Waals surface area (Å²) in [5.41, 5.74) is -1.09. The first-order valence-corrected chi connectivity index (χ1v) is 12.1. The Morgan fingerprint density at radius 1 is 0.800 bits per heavy atom. The van der Waals surface area contributed by atoms with Gasteiger partial charge in [-0.3, -0.25) is 4.79 Å². The van der Waals surface area contributed by atoms with E-state index in [1.807, 2.05) is 4.90 Å². The molecular weight excluding hydrogens is 540 g/mol. The van der Waals surface area contributed by atoms with Crippen LogP contribution in [0.1, 0.15) is 21.8 Å². The number of hydrogen-bond donors (Lipinski definition) is 1. The molecule has 0 saturated carbocycles. The fourth-order valence-corrected chi connectivity index (χ4v) is 4.37. The molecule has 7 nitrogen and oxygen atoms in total. The van der Waals surface area contributed by atoms with Crippen LogP contribution in [0.4, 0.5) is 43.5 Å². The molecule has 2 aromatic carbocycles. The monoisotopic (exact) mass is 561 g/mol. The molecule has 2 aromatic heterocycles. The number of amides is 1. The Labute approximate surface area is 224 Å². The highest BCUT2D eigenvalue weighted by atomic mass is 19.4. The van der Waals surface area contributed by atoms with Gasteiger partial charge in [-0.1, -0.05) is 30.3 Å². The van der Waals surface area contributed by atoms with Gasteiger partial charge in [0.25, 0.3) is 5.91 Å². The van der Waals surface area contributed by atoms with Crippen LogP contribution in [0.3, 0.4) is 0 Å². The van der Waals surface area contributed by atoms with Gasteiger partial charge in [0.1, 0.15) is 5.82 Å². The minimum absolute atomic E-state index is 0.113. The third-order valence-electron chi connectivity index (χ3n) is 6.28. The van der Waals surface area contributed by atoms with Gasteiger partial charge in [0.2, 0.25) is 11.7 Å². The second-order valence-corrected chi connectivity index (χ2v) is 8.91. The topological polar surface area (TPSA) is 74.5 Å². The summed E-state index contributed by atoms with van der Waals surface area (Å²) in [5.74, 6) is -2.47. The van der Waals surface area contributed by atoms with Crippen molar-refractivity contribution in [3.05, 3.63) is 89.9 Å². The molecule has 1 fully saturated rings. The van der Waals surface area contributed by atoms with Crippen LogP contribution in [0.25, 0.3) is 11.5 Å². The van der Waals surface area contributed by atoms with Crippen molar-refractivity contribution in [2.75, 3.05) is 41.3 Å². The highest BCUT2D eigenvalue weighted by Crippen LogP contribution is 2.37. The molecule has 208 valence electrons. The first kappa shape index (κ1) is 27.0. The van der Waals surface area contributed by atoms with Gasteiger partial charge in [-0.25, -0.2) is 9.97 Å². The van der Waals surface area contributed by atoms with Crippen molar-refractivity contribution >= 4 is 23.1 Å². The molecule has 0 aliphatic carbocycles. The fraction of sp³-hybridized carbons (Fsp3) is 0.222. The van der Waals surface area contributed by atoms with Gasteiger partial charge in [0.15, 0.2) is 5.69 Å². The van der Waals surface area contributed by atoms with Gasteiger partial charge in [0.05, 0.1) is 17.4 Å². The molecule has 40 heavy (non-hydrogen) atoms. The molecule has 0 unspecified atom stereocenters. The maximum absolute atomic E-state index is 13.6. The van der Waals surface area contributed by atoms with Crippen LogP contribution in [0.15, 0.2) is 77.3 Å². The summed E-state index contributed by atoms with van der Waals surface area (Å²) in [4.78, 5) is 24.3. The standard InChI is InChI=1S/C27H21F6N5O2/c28-26(29,30)19-8-4-5-9-20(19)37-12-14-38(15-13-37)21-11-10-18(16-34-21)35-24(39)22-23(27(31,32)33)40-25(36-22)17-6-2-1-3-7-17/h1-11,16H,12-15H2,(H,35,39). The molecule has 0 atom stereocenters. The molecule has 1 saturated heterocycles. The van der Waals surface area contributed by atoms with Crippen LogP contribution in [0, 0.1) is 0 Å². The minimum atomic E-state index is -4.95. The number of nitrogens with zero attached hydrogens (tertiary/aromatic N) is 4. The largest absolute Gasteiger partial charge is 0.452 e. The second-order valence-electron chi connectivity index (χ2n) is 8.91. The van der Waals surface area contributed by atoms with Crippen molar-refractivity contribution < 1.29 is 35.6 Å². The number of rotatable bonds is 5. The lowest BCUT2D eigenvalue weighted by atomic mass is 10.1. The normalized spacial score (nSPS) is 14.3. The van der Waals surface area contributed by atoms with Crippen LogP contribution in [-0.2, 0) is 12.4 Å². The number of carbonyl (C=O) groups excluding carboxylic acids is 1. The average molecular weight is 561 g/mol. The number of carbonyl (C=O) groups is 1. The highest BCUT2D eigenvalue weighted by molar-refractivity contribution is 6.04. The number of piperazine rings is 1. The van der Waals surface area contributed by atoms with Gasteiger partial charge in [0, 0.05) is 37.4 Å². The summed E-state index contributed by atoms with van der Waals surface area (Å²) in [6.45, 7) is 1.43. The molecular formula is C27H21F6N5O2. The van der Waals surface area contributed by atoms with Crippen LogP contribution >= 0.6 is 0 Å². The van der Waals surface area contributed by atoms with Gasteiger partial charge < -0.3 is 19.5 Å². The molecule has 0 spiro atoms. The first-order chi connectivity index (χ1) is 19.0. The Kier molecular flexibility index (Phi) is 7.13. The SMILES string of the molecule is O=C(Nc1ccc(N2CCN(c3ccccc3C(F)(F)F)CC2)nc1)c1nc(-c2ccccc2)oc1C(F)(F)F. The number of para-hydroxylation sites is 1. The molecule has 5 rings (SSSR count). The third-order valence-corrected chi connectivity index (χ3v) is 6.28. The van der Waals surface area contributed by atoms with Gasteiger partial charge in [-0.05, 0) is 36.4 Å². The molecule has 13 heteroatoms. The van der Waals surface area contributed by atoms with E-state index >= 15 is 0 Å². The summed E-state index contributed by atoms with van der Waals surface area (Å²) in [6.07, 6.45) is -8.13. The third kappa shape index (κ3) is 5.72. The van der Waals surface area contributed by atoms with Crippen molar-refractivity contribution in [1.29, 1.82) is 0 Å². The molecule has 0 radical (unpaired) electrons. The average Bonchev–Trinajstić information content (AvgIpc) is 3.41. The van der Waals surface area contributed by atoms with E-state index in [9.17, 15) is 31.1 Å². The lowest BCUT2D eigenvalue weighted by molar-refractivity contribution is -0.153. The van der Waals surface area contributed by atoms with E-state index < -0.39 is 35.3 Å². The van der Waals surface area contributed by atoms with E-state index in [4.69, 9.17) is 4.42 Å². The van der Waals surface area contributed by atoms with Crippen molar-refractivity contribution in [2.24, 2.45) is 0 Å². The zero-order valence-corrected chi connectivity index (χ0v) is 20.6. The molecule has 3 heterocycles. The molecule has 1 aliphatic heterocycles. The molecule has 4 aromatic rings. The number of anilines is 3. The predicted molar refractivity (Wildman–Crippen MR) is 135 cm³/mol. The van der Waals surface area contributed by atoms with Crippen molar-refractivity contribution in [2.45, 2.75) is 12.4 Å². The number of alkyl halides is 6. The summed E-state index contributed by atoms with van der Waals surface area (Å²) >= 11 is 0. The van der Waals surface area contributed by atoms with E-state index in [2.05, 4.69) is 15.3 Å². The molecule has 0 bridgehead atoms. The van der Waals surface area contributed by atoms with Gasteiger partial charge >= 0.3 is 12.4 Å². The zero-order chi connectivity index (χ0) is 28.5. The van der Waals surface area contributed by atoms with Crippen LogP contribution < -0.4 is 15.1 Å². The Morgan fingerprint density at radius 3 is 2.08 bits per heavy atom. The maximum Gasteiger partial charge on any atom is 0.452 e. The van der Waals surface area contributed by atoms with E-state index in [-0.39, 0.29) is 22.8 Å². The predicted octanol–water partition coefficient (Wildman–Crippen LogP) is 6.35. The lowest BCUT2D eigenvalue weighted by Gasteiger charge is -2.37. The zero-order valence-electron chi connectivity index (χ0n) is 20.6. The Morgan fingerprint density at radius 2 is 1.45 bits per heavy atom. The van der Waals surface area contributed by atoms with Crippen LogP contribution in [-0.4, -0.2) is 42.1 Å². The lowest BCUT2D eigenvalue weighted by Crippen LogP contribution is -2.47. The highest BCUT2D eigenvalue weighted by Gasteiger charge is 2.42. The quantitative estimate of drug-likeness (QED) is 0.286. The van der Waals surface area contributed by atoms with E-state index in [1.54, 1.807) is 35.2 Å². The van der Waals surface area contributed by atoms with E-state index in [0.717, 1.165) is 6.07 Å². The summed E-state index contributed by atoms with van der Waals surface area (Å²) in [6, 6.07) is 16.3. The summed E-state index contributed by atoms with van der Waals surface area (Å²) < 4.78 is 85.8. The van der Waals surface area contributed by atoms with Crippen LogP contribution in [0.2, 0.25) is 0 Å². The number of oxazole rings is 1. The Hall–Kier alpha value is -4.55. The smallest absolute Gasteiger partial charge is 0.431 e. The molecule has 1 aliphatic rings. The molecule has 1 N–H and O–H groups in total. The fourth-order valence-electron chi connectivity index (χ4n) is 4.37. The first-order valence-electron chi connectivity index (χ1n) is 12.1. The van der Waals surface area contributed by atoms with E-state index in [1.165, 1.54) is 36.5 Å². The number of nitrogens with one attached hydrogen (secondary N) is 1. The maximum atomic E-state index is 13.6. The van der Waals surface area contributed by atoms with Gasteiger partial charge in [-0.2, -0.15) is 26.3 Å². The number of aromatic nitrogens is 2. The second kappa shape index (κ2) is 10.5. The molecule has 1 amide bonds. The number of halogens is 6. The van der Waals surface area contributed by atoms with Crippen molar-refractivity contribution in [3.63, 3.8) is 0 Å². The minimum Gasteiger partial charge on any atom is -0.431 e. The van der Waals surface area contributed by atoms with Crippen LogP contribution in [0.5, 0.6) is 0 Å². The van der Waals surface area contributed by atoms with Crippen molar-refractivity contribution in [1.82, 2.24) is 9.97 Å². The van der Waals surface area contributed by atoms with Crippen molar-refractivity contribution in [3.8, 4) is 11.5 Å². The van der Waals surface area contributed by atoms with E-state index in [0.29, 0.717) is 32.0 Å².